The van der Waals surface area contributed by atoms with Gasteiger partial charge in [-0.1, -0.05) is 60.7 Å². The zero-order chi connectivity index (χ0) is 35.0. The highest BCUT2D eigenvalue weighted by molar-refractivity contribution is 7.90. The van der Waals surface area contributed by atoms with Gasteiger partial charge in [-0.2, -0.15) is 0 Å². The van der Waals surface area contributed by atoms with Crippen LogP contribution in [0.1, 0.15) is 24.0 Å². The Hall–Kier alpha value is -5.16. The number of nitrogens with zero attached hydrogens (tertiary/aromatic N) is 1. The lowest BCUT2D eigenvalue weighted by Crippen LogP contribution is -2.31. The van der Waals surface area contributed by atoms with Crippen LogP contribution in [-0.2, 0) is 52.3 Å². The zero-order valence-electron chi connectivity index (χ0n) is 25.6. The number of amides is 2. The molecule has 14 nitrogen and oxygen atoms in total. The van der Waals surface area contributed by atoms with Crippen LogP contribution < -0.4 is 15.2 Å². The lowest BCUT2D eigenvalue weighted by Gasteiger charge is -2.08. The number of carbonyl (C=O) groups excluding carboxylic acids is 2. The van der Waals surface area contributed by atoms with Gasteiger partial charge in [0.25, 0.3) is 25.7 Å². The number of rotatable bonds is 15. The minimum absolute atomic E-state index is 0.00902. The number of non-ortho nitro benzene ring substituents is 1. The van der Waals surface area contributed by atoms with E-state index in [1.54, 1.807) is 0 Å². The summed E-state index contributed by atoms with van der Waals surface area (Å²) in [6.07, 6.45) is -0.167. The van der Waals surface area contributed by atoms with E-state index in [9.17, 15) is 36.5 Å². The molecule has 0 aliphatic carbocycles. The quantitative estimate of drug-likeness (QED) is 0.0705. The maximum atomic E-state index is 12.0. The molecule has 0 radical (unpaired) electrons. The molecule has 0 heterocycles. The van der Waals surface area contributed by atoms with Crippen LogP contribution in [0.5, 0.6) is 0 Å². The van der Waals surface area contributed by atoms with Gasteiger partial charge in [0.2, 0.25) is 11.8 Å². The van der Waals surface area contributed by atoms with Crippen LogP contribution in [0.4, 0.5) is 11.4 Å². The standard InChI is InChI=1S/C16H16N2O6S.C16H18N2O4S/c19-16(10-11-24-12-13-4-2-1-3-5-13)17-25(22,23)15-8-6-14(7-9-15)18(20)21;17-14-6-8-15(9-7-14)23(20,21)18-16(19)10-11-22-12-13-4-2-1-3-5-13/h1-9H,10-12H2,(H,17,19);1-9H,10-12,17H2,(H,18,19). The Morgan fingerprint density at radius 1 is 0.625 bits per heavy atom. The monoisotopic (exact) mass is 698 g/mol. The SMILES string of the molecule is Nc1ccc(S(=O)(=O)NC(=O)CCOCc2ccccc2)cc1.O=C(CCOCc1ccccc1)NS(=O)(=O)c1ccc([N+](=O)[O-])cc1. The summed E-state index contributed by atoms with van der Waals surface area (Å²) < 4.78 is 62.6. The van der Waals surface area contributed by atoms with Crippen LogP contribution in [0.3, 0.4) is 0 Å². The summed E-state index contributed by atoms with van der Waals surface area (Å²) >= 11 is 0. The van der Waals surface area contributed by atoms with Gasteiger partial charge in [-0.05, 0) is 47.5 Å². The fourth-order valence-electron chi connectivity index (χ4n) is 3.77. The van der Waals surface area contributed by atoms with Gasteiger partial charge in [-0.3, -0.25) is 19.7 Å². The molecule has 16 heteroatoms. The van der Waals surface area contributed by atoms with Crippen molar-refractivity contribution in [2.45, 2.75) is 35.8 Å². The fourth-order valence-corrected chi connectivity index (χ4v) is 5.80. The molecule has 4 aromatic carbocycles. The Labute approximate surface area is 278 Å². The second kappa shape index (κ2) is 18.2. The second-order valence-corrected chi connectivity index (χ2v) is 13.3. The zero-order valence-corrected chi connectivity index (χ0v) is 27.2. The van der Waals surface area contributed by atoms with E-state index < -0.39 is 36.8 Å². The Morgan fingerprint density at radius 3 is 1.38 bits per heavy atom. The molecular formula is C32H34N4O10S2. The maximum absolute atomic E-state index is 12.0. The average molecular weight is 699 g/mol. The normalized spacial score (nSPS) is 11.1. The van der Waals surface area contributed by atoms with E-state index in [1.165, 1.54) is 24.3 Å². The number of nitrogen functional groups attached to an aromatic ring is 1. The number of nitrogens with two attached hydrogens (primary N) is 1. The van der Waals surface area contributed by atoms with Gasteiger partial charge >= 0.3 is 0 Å². The molecule has 0 bridgehead atoms. The highest BCUT2D eigenvalue weighted by Gasteiger charge is 2.19. The van der Waals surface area contributed by atoms with Crippen molar-refractivity contribution in [3.05, 3.63) is 130 Å². The molecule has 0 aliphatic rings. The van der Waals surface area contributed by atoms with Crippen molar-refractivity contribution in [3.8, 4) is 0 Å². The molecule has 0 aliphatic heterocycles. The summed E-state index contributed by atoms with van der Waals surface area (Å²) in [5.41, 5.74) is 7.65. The highest BCUT2D eigenvalue weighted by atomic mass is 32.2. The molecule has 2 amide bonds. The van der Waals surface area contributed by atoms with Gasteiger partial charge in [-0.25, -0.2) is 26.3 Å². The Morgan fingerprint density at radius 2 is 1.00 bits per heavy atom. The van der Waals surface area contributed by atoms with Crippen LogP contribution in [0.25, 0.3) is 0 Å². The fraction of sp³-hybridized carbons (Fsp3) is 0.188. The number of nitrogens with one attached hydrogen (secondary N) is 2. The Kier molecular flexibility index (Phi) is 14.2. The van der Waals surface area contributed by atoms with Crippen molar-refractivity contribution in [1.29, 1.82) is 0 Å². The number of ether oxygens (including phenoxy) is 2. The smallest absolute Gasteiger partial charge is 0.269 e. The number of carbonyl (C=O) groups is 2. The van der Waals surface area contributed by atoms with Crippen LogP contribution >= 0.6 is 0 Å². The third kappa shape index (κ3) is 12.9. The summed E-state index contributed by atoms with van der Waals surface area (Å²) in [6, 6.07) is 28.7. The largest absolute Gasteiger partial charge is 0.399 e. The molecule has 0 atom stereocenters. The number of sulfonamides is 2. The van der Waals surface area contributed by atoms with Crippen molar-refractivity contribution in [2.75, 3.05) is 18.9 Å². The minimum atomic E-state index is -4.07. The van der Waals surface area contributed by atoms with Gasteiger partial charge < -0.3 is 15.2 Å². The average Bonchev–Trinajstić information content (AvgIpc) is 3.06. The third-order valence-corrected chi connectivity index (χ3v) is 8.99. The van der Waals surface area contributed by atoms with Crippen LogP contribution in [0.15, 0.2) is 119 Å². The number of nitro benzene ring substituents is 1. The van der Waals surface area contributed by atoms with Crippen molar-refractivity contribution in [2.24, 2.45) is 0 Å². The maximum Gasteiger partial charge on any atom is 0.269 e. The van der Waals surface area contributed by atoms with E-state index >= 15 is 0 Å². The molecule has 4 N–H and O–H groups in total. The van der Waals surface area contributed by atoms with E-state index in [2.05, 4.69) is 0 Å². The first kappa shape index (κ1) is 37.3. The molecule has 0 saturated heterocycles. The predicted octanol–water partition coefficient (Wildman–Crippen LogP) is 3.69. The van der Waals surface area contributed by atoms with Gasteiger partial charge in [-0.15, -0.1) is 0 Å². The van der Waals surface area contributed by atoms with Crippen molar-refractivity contribution < 1.29 is 40.8 Å². The Balaban J connectivity index is 0.000000261. The number of benzene rings is 4. The van der Waals surface area contributed by atoms with E-state index in [1.807, 2.05) is 70.1 Å². The van der Waals surface area contributed by atoms with E-state index in [4.69, 9.17) is 15.2 Å². The highest BCUT2D eigenvalue weighted by Crippen LogP contribution is 2.16. The van der Waals surface area contributed by atoms with Crippen LogP contribution in [0, 0.1) is 10.1 Å². The first-order chi connectivity index (χ1) is 22.9. The topological polar surface area (TPSA) is 214 Å². The molecule has 0 fully saturated rings. The van der Waals surface area contributed by atoms with Gasteiger partial charge in [0.05, 0.1) is 54.0 Å². The molecule has 48 heavy (non-hydrogen) atoms. The molecule has 0 saturated carbocycles. The number of nitro groups is 1. The summed E-state index contributed by atoms with van der Waals surface area (Å²) in [5, 5.41) is 10.6. The number of hydrogen-bond acceptors (Lipinski definition) is 11. The van der Waals surface area contributed by atoms with Gasteiger partial charge in [0.1, 0.15) is 0 Å². The van der Waals surface area contributed by atoms with Crippen molar-refractivity contribution in [3.63, 3.8) is 0 Å². The predicted molar refractivity (Wildman–Crippen MR) is 176 cm³/mol. The molecule has 0 aromatic heterocycles. The van der Waals surface area contributed by atoms with Gasteiger partial charge in [0, 0.05) is 17.8 Å². The van der Waals surface area contributed by atoms with Crippen LogP contribution in [-0.4, -0.2) is 46.8 Å². The molecular weight excluding hydrogens is 665 g/mol. The lowest BCUT2D eigenvalue weighted by atomic mass is 10.2. The van der Waals surface area contributed by atoms with Crippen molar-refractivity contribution >= 4 is 43.2 Å². The summed E-state index contributed by atoms with van der Waals surface area (Å²) in [6.45, 7) is 0.899. The first-order valence-electron chi connectivity index (χ1n) is 14.3. The number of anilines is 1. The second-order valence-electron chi connectivity index (χ2n) is 9.95. The molecule has 0 spiro atoms. The van der Waals surface area contributed by atoms with Gasteiger partial charge in [0.15, 0.2) is 0 Å². The third-order valence-electron chi connectivity index (χ3n) is 6.21. The lowest BCUT2D eigenvalue weighted by molar-refractivity contribution is -0.384. The van der Waals surface area contributed by atoms with E-state index in [-0.39, 0.29) is 41.5 Å². The van der Waals surface area contributed by atoms with Crippen LogP contribution in [0.2, 0.25) is 0 Å². The molecule has 254 valence electrons. The minimum Gasteiger partial charge on any atom is -0.399 e. The summed E-state index contributed by atoms with van der Waals surface area (Å²) in [7, 11) is -7.95. The molecule has 0 unspecified atom stereocenters. The number of hydrogen-bond donors (Lipinski definition) is 3. The molecule has 4 rings (SSSR count). The molecule has 4 aromatic rings. The van der Waals surface area contributed by atoms with E-state index in [0.29, 0.717) is 18.9 Å². The first-order valence-corrected chi connectivity index (χ1v) is 17.3. The summed E-state index contributed by atoms with van der Waals surface area (Å²) in [4.78, 5) is 33.1. The van der Waals surface area contributed by atoms with E-state index in [0.717, 1.165) is 35.4 Å². The summed E-state index contributed by atoms with van der Waals surface area (Å²) in [5.74, 6) is -1.33. The Bertz CT molecular complexity index is 1860. The van der Waals surface area contributed by atoms with Crippen molar-refractivity contribution in [1.82, 2.24) is 9.44 Å².